The second kappa shape index (κ2) is 12.2. The van der Waals surface area contributed by atoms with Crippen LogP contribution in [0.25, 0.3) is 0 Å². The van der Waals surface area contributed by atoms with Crippen LogP contribution >= 0.6 is 11.8 Å². The molecule has 1 aliphatic rings. The van der Waals surface area contributed by atoms with Crippen LogP contribution in [-0.4, -0.2) is 29.7 Å². The Morgan fingerprint density at radius 3 is 2.61 bits per heavy atom. The summed E-state index contributed by atoms with van der Waals surface area (Å²) in [5.74, 6) is 2.51. The molecule has 0 radical (unpaired) electrons. The molecule has 1 heterocycles. The number of nitrogens with zero attached hydrogens (tertiary/aromatic N) is 1. The van der Waals surface area contributed by atoms with Gasteiger partial charge in [-0.2, -0.15) is 0 Å². The number of hydrogen-bond donors (Lipinski definition) is 1. The highest BCUT2D eigenvalue weighted by Crippen LogP contribution is 2.09. The maximum absolute atomic E-state index is 2.45. The molecule has 0 aromatic rings. The van der Waals surface area contributed by atoms with Crippen molar-refractivity contribution in [3.05, 3.63) is 12.4 Å². The van der Waals surface area contributed by atoms with Crippen LogP contribution in [0, 0.1) is 0 Å². The average Bonchev–Trinajstić information content (AvgIpc) is 2.79. The number of hydrogen-bond acceptors (Lipinski definition) is 2. The van der Waals surface area contributed by atoms with E-state index in [-0.39, 0.29) is 12.4 Å². The zero-order chi connectivity index (χ0) is 12.3. The summed E-state index contributed by atoms with van der Waals surface area (Å²) >= 11 is 2.09. The molecule has 0 aliphatic carbocycles. The minimum Gasteiger partial charge on any atom is -1.00 e. The maximum Gasteiger partial charge on any atom is 0.157 e. The minimum absolute atomic E-state index is 0. The molecule has 0 fully saturated rings. The number of thioether (sulfide) groups is 1. The van der Waals surface area contributed by atoms with Crippen molar-refractivity contribution in [3.8, 4) is 0 Å². The third-order valence-corrected chi connectivity index (χ3v) is 4.27. The molecule has 0 aromatic heterocycles. The summed E-state index contributed by atoms with van der Waals surface area (Å²) in [6.07, 6.45) is 12.8. The van der Waals surface area contributed by atoms with Gasteiger partial charge in [-0.3, -0.25) is 4.90 Å². The van der Waals surface area contributed by atoms with E-state index in [9.17, 15) is 0 Å². The third-order valence-electron chi connectivity index (χ3n) is 3.18. The second-order valence-corrected chi connectivity index (χ2v) is 6.00. The molecule has 18 heavy (non-hydrogen) atoms. The molecule has 1 atom stereocenters. The van der Waals surface area contributed by atoms with Gasteiger partial charge in [-0.25, -0.2) is 0 Å². The molecule has 0 bridgehead atoms. The lowest BCUT2D eigenvalue weighted by Gasteiger charge is -2.16. The predicted molar refractivity (Wildman–Crippen MR) is 78.1 cm³/mol. The van der Waals surface area contributed by atoms with E-state index in [1.54, 1.807) is 4.90 Å². The molecule has 0 amide bonds. The van der Waals surface area contributed by atoms with Crippen LogP contribution < -0.4 is 17.3 Å². The summed E-state index contributed by atoms with van der Waals surface area (Å²) in [7, 11) is 0. The van der Waals surface area contributed by atoms with Gasteiger partial charge in [0.05, 0.1) is 18.6 Å². The topological polar surface area (TPSA) is 7.68 Å². The van der Waals surface area contributed by atoms with E-state index in [0.29, 0.717) is 0 Å². The Labute approximate surface area is 124 Å². The van der Waals surface area contributed by atoms with Gasteiger partial charge in [0.15, 0.2) is 6.67 Å². The summed E-state index contributed by atoms with van der Waals surface area (Å²) in [4.78, 5) is 4.08. The predicted octanol–water partition coefficient (Wildman–Crippen LogP) is -0.309. The van der Waals surface area contributed by atoms with Crippen LogP contribution in [0.4, 0.5) is 0 Å². The SMILES string of the molecule is CCCCCCSCN1C=C[NH+](CCCC)C1.[Cl-]. The molecule has 0 saturated heterocycles. The molecule has 0 aromatic carbocycles. The lowest BCUT2D eigenvalue weighted by Crippen LogP contribution is -3.07. The third kappa shape index (κ3) is 8.28. The van der Waals surface area contributed by atoms with Crippen LogP contribution in [0.2, 0.25) is 0 Å². The van der Waals surface area contributed by atoms with E-state index in [1.807, 2.05) is 0 Å². The lowest BCUT2D eigenvalue weighted by molar-refractivity contribution is -0.849. The first kappa shape index (κ1) is 18.1. The van der Waals surface area contributed by atoms with Crippen molar-refractivity contribution in [3.63, 3.8) is 0 Å². The number of halogens is 1. The molecule has 0 saturated carbocycles. The summed E-state index contributed by atoms with van der Waals surface area (Å²) in [6.45, 7) is 7.02. The molecule has 1 rings (SSSR count). The number of nitrogens with one attached hydrogen (secondary N) is 1. The summed E-state index contributed by atoms with van der Waals surface area (Å²) in [5, 5.41) is 0. The fourth-order valence-electron chi connectivity index (χ4n) is 2.04. The lowest BCUT2D eigenvalue weighted by atomic mass is 10.2. The van der Waals surface area contributed by atoms with Crippen molar-refractivity contribution in [1.82, 2.24) is 4.90 Å². The molecule has 1 N–H and O–H groups in total. The number of quaternary nitrogens is 1. The van der Waals surface area contributed by atoms with E-state index < -0.39 is 0 Å². The van der Waals surface area contributed by atoms with Crippen molar-refractivity contribution < 1.29 is 17.3 Å². The van der Waals surface area contributed by atoms with Gasteiger partial charge in [-0.1, -0.05) is 39.5 Å². The summed E-state index contributed by atoms with van der Waals surface area (Å²) in [6, 6.07) is 0. The number of rotatable bonds is 10. The highest BCUT2D eigenvalue weighted by molar-refractivity contribution is 7.99. The first-order chi connectivity index (χ1) is 8.36. The highest BCUT2D eigenvalue weighted by atomic mass is 35.5. The van der Waals surface area contributed by atoms with E-state index in [1.165, 1.54) is 63.4 Å². The summed E-state index contributed by atoms with van der Waals surface area (Å²) < 4.78 is 0. The van der Waals surface area contributed by atoms with Gasteiger partial charge in [0, 0.05) is 0 Å². The standard InChI is InChI=1S/C14H28N2S.ClH/c1-3-5-7-8-12-17-14-16-11-10-15(13-16)9-6-4-2;/h10-11H,3-9,12-14H2,1-2H3;1H. The normalized spacial score (nSPS) is 18.1. The smallest absolute Gasteiger partial charge is 0.157 e. The molecule has 1 unspecified atom stereocenters. The van der Waals surface area contributed by atoms with Gasteiger partial charge in [0.1, 0.15) is 6.20 Å². The zero-order valence-electron chi connectivity index (χ0n) is 12.0. The van der Waals surface area contributed by atoms with Crippen LogP contribution in [0.3, 0.4) is 0 Å². The van der Waals surface area contributed by atoms with Crippen molar-refractivity contribution in [1.29, 1.82) is 0 Å². The molecular formula is C14H29ClN2S. The Morgan fingerprint density at radius 1 is 1.11 bits per heavy atom. The van der Waals surface area contributed by atoms with Crippen molar-refractivity contribution >= 4 is 11.8 Å². The van der Waals surface area contributed by atoms with Crippen molar-refractivity contribution in [2.75, 3.05) is 24.8 Å². The van der Waals surface area contributed by atoms with Gasteiger partial charge in [0.2, 0.25) is 0 Å². The van der Waals surface area contributed by atoms with Crippen LogP contribution in [-0.2, 0) is 0 Å². The van der Waals surface area contributed by atoms with Gasteiger partial charge in [-0.15, -0.1) is 11.8 Å². The minimum atomic E-state index is 0. The number of unbranched alkanes of at least 4 members (excludes halogenated alkanes) is 4. The van der Waals surface area contributed by atoms with Crippen LogP contribution in [0.5, 0.6) is 0 Å². The van der Waals surface area contributed by atoms with Crippen molar-refractivity contribution in [2.45, 2.75) is 52.4 Å². The van der Waals surface area contributed by atoms with E-state index in [4.69, 9.17) is 0 Å². The van der Waals surface area contributed by atoms with Gasteiger partial charge < -0.3 is 17.3 Å². The molecular weight excluding hydrogens is 264 g/mol. The molecule has 2 nitrogen and oxygen atoms in total. The Hall–Kier alpha value is 0.140. The highest BCUT2D eigenvalue weighted by Gasteiger charge is 2.15. The first-order valence-corrected chi connectivity index (χ1v) is 8.37. The van der Waals surface area contributed by atoms with E-state index >= 15 is 0 Å². The fraction of sp³-hybridized carbons (Fsp3) is 0.857. The van der Waals surface area contributed by atoms with Gasteiger partial charge in [0.25, 0.3) is 0 Å². The van der Waals surface area contributed by atoms with Crippen molar-refractivity contribution in [2.24, 2.45) is 0 Å². The molecule has 4 heteroatoms. The Bertz CT molecular complexity index is 212. The van der Waals surface area contributed by atoms with Crippen LogP contribution in [0.15, 0.2) is 12.4 Å². The monoisotopic (exact) mass is 292 g/mol. The largest absolute Gasteiger partial charge is 1.00 e. The fourth-order valence-corrected chi connectivity index (χ4v) is 2.99. The second-order valence-electron chi connectivity index (χ2n) is 4.92. The molecule has 1 aliphatic heterocycles. The van der Waals surface area contributed by atoms with Crippen LogP contribution in [0.1, 0.15) is 52.4 Å². The van der Waals surface area contributed by atoms with Gasteiger partial charge in [-0.05, 0) is 18.6 Å². The quantitative estimate of drug-likeness (QED) is 0.553. The van der Waals surface area contributed by atoms with E-state index in [2.05, 4.69) is 42.9 Å². The van der Waals surface area contributed by atoms with Gasteiger partial charge >= 0.3 is 0 Å². The maximum atomic E-state index is 2.45. The first-order valence-electron chi connectivity index (χ1n) is 7.21. The molecule has 0 spiro atoms. The Balaban J connectivity index is 0.00000289. The average molecular weight is 293 g/mol. The Morgan fingerprint density at radius 2 is 1.89 bits per heavy atom. The Kier molecular flexibility index (Phi) is 12.3. The zero-order valence-corrected chi connectivity index (χ0v) is 13.5. The van der Waals surface area contributed by atoms with E-state index in [0.717, 1.165) is 0 Å². The molecule has 108 valence electrons. The summed E-state index contributed by atoms with van der Waals surface area (Å²) in [5.41, 5.74) is 0.